The van der Waals surface area contributed by atoms with Crippen molar-refractivity contribution >= 4 is 17.5 Å². The van der Waals surface area contributed by atoms with Gasteiger partial charge in [-0.1, -0.05) is 6.92 Å². The van der Waals surface area contributed by atoms with E-state index in [0.717, 1.165) is 0 Å². The molecular weight excluding hydrogens is 241 g/mol. The van der Waals surface area contributed by atoms with Crippen molar-refractivity contribution in [2.45, 2.75) is 25.5 Å². The maximum atomic E-state index is 12.0. The molecule has 0 spiro atoms. The largest absolute Gasteiger partial charge is 0.569 e. The topological polar surface area (TPSA) is 76.5 Å². The third kappa shape index (κ3) is 2.78. The normalized spacial score (nSPS) is 12.2. The highest BCUT2D eigenvalue weighted by atomic mass is 32.2. The van der Waals surface area contributed by atoms with Crippen LogP contribution in [0.25, 0.3) is 0 Å². The minimum atomic E-state index is -3.25. The van der Waals surface area contributed by atoms with E-state index in [9.17, 15) is 8.42 Å². The first kappa shape index (κ1) is 14.0. The number of pyridine rings is 1. The van der Waals surface area contributed by atoms with Crippen LogP contribution in [0.4, 0.5) is 0 Å². The first-order chi connectivity index (χ1) is 7.85. The van der Waals surface area contributed by atoms with Crippen molar-refractivity contribution in [2.75, 3.05) is 5.75 Å². The molecule has 0 unspecified atom stereocenters. The van der Waals surface area contributed by atoms with Crippen LogP contribution < -0.4 is 4.65 Å². The summed E-state index contributed by atoms with van der Waals surface area (Å²) in [5.41, 5.74) is 0.527. The van der Waals surface area contributed by atoms with E-state index in [0.29, 0.717) is 19.0 Å². The maximum Gasteiger partial charge on any atom is 0.569 e. The zero-order valence-corrected chi connectivity index (χ0v) is 10.9. The van der Waals surface area contributed by atoms with Gasteiger partial charge in [0.2, 0.25) is 0 Å². The van der Waals surface area contributed by atoms with E-state index in [1.807, 2.05) is 0 Å². The van der Waals surface area contributed by atoms with Crippen molar-refractivity contribution in [3.8, 4) is 5.75 Å². The smallest absolute Gasteiger partial charge is 0.536 e. The van der Waals surface area contributed by atoms with E-state index in [2.05, 4.69) is 4.98 Å². The van der Waals surface area contributed by atoms with E-state index >= 15 is 0 Å². The SMILES string of the molecule is CCS(=O)(=O)C(C)(C)c1cncc(O[B]O)c1. The van der Waals surface area contributed by atoms with Gasteiger partial charge in [-0.05, 0) is 25.5 Å². The lowest BCUT2D eigenvalue weighted by atomic mass is 10.0. The molecule has 93 valence electrons. The summed E-state index contributed by atoms with van der Waals surface area (Å²) in [6, 6.07) is 1.55. The summed E-state index contributed by atoms with van der Waals surface area (Å²) in [4.78, 5) is 3.90. The highest BCUT2D eigenvalue weighted by Gasteiger charge is 2.35. The summed E-state index contributed by atoms with van der Waals surface area (Å²) < 4.78 is 27.7. The molecule has 1 radical (unpaired) electrons. The molecule has 0 saturated heterocycles. The predicted octanol–water partition coefficient (Wildman–Crippen LogP) is 0.657. The minimum absolute atomic E-state index is 0.0528. The van der Waals surface area contributed by atoms with Crippen LogP contribution in [-0.2, 0) is 14.6 Å². The quantitative estimate of drug-likeness (QED) is 0.783. The van der Waals surface area contributed by atoms with Crippen LogP contribution in [0.5, 0.6) is 5.75 Å². The average Bonchev–Trinajstić information content (AvgIpc) is 2.29. The molecule has 1 aromatic heterocycles. The van der Waals surface area contributed by atoms with Crippen LogP contribution in [0.1, 0.15) is 26.3 Å². The average molecular weight is 256 g/mol. The van der Waals surface area contributed by atoms with Gasteiger partial charge in [-0.3, -0.25) is 4.98 Å². The Kier molecular flexibility index (Phi) is 4.16. The molecule has 17 heavy (non-hydrogen) atoms. The predicted molar refractivity (Wildman–Crippen MR) is 65.3 cm³/mol. The molecule has 0 aliphatic carbocycles. The van der Waals surface area contributed by atoms with Gasteiger partial charge in [0.1, 0.15) is 5.75 Å². The number of hydrogen-bond acceptors (Lipinski definition) is 5. The highest BCUT2D eigenvalue weighted by molar-refractivity contribution is 7.92. The first-order valence-corrected chi connectivity index (χ1v) is 6.80. The number of sulfone groups is 1. The van der Waals surface area contributed by atoms with Gasteiger partial charge in [0.05, 0.1) is 10.9 Å². The number of nitrogens with zero attached hydrogens (tertiary/aromatic N) is 1. The van der Waals surface area contributed by atoms with Gasteiger partial charge in [0.25, 0.3) is 0 Å². The molecule has 5 nitrogen and oxygen atoms in total. The van der Waals surface area contributed by atoms with Gasteiger partial charge in [0.15, 0.2) is 9.84 Å². The Morgan fingerprint density at radius 1 is 1.47 bits per heavy atom. The van der Waals surface area contributed by atoms with Crippen molar-refractivity contribution in [1.29, 1.82) is 0 Å². The molecule has 0 aromatic carbocycles. The Bertz CT molecular complexity index is 487. The Balaban J connectivity index is 3.19. The molecule has 1 N–H and O–H groups in total. The van der Waals surface area contributed by atoms with Crippen LogP contribution in [0, 0.1) is 0 Å². The minimum Gasteiger partial charge on any atom is -0.536 e. The van der Waals surface area contributed by atoms with Crippen LogP contribution in [0.3, 0.4) is 0 Å². The molecule has 0 bridgehead atoms. The molecule has 1 aromatic rings. The zero-order chi connectivity index (χ0) is 13.1. The second kappa shape index (κ2) is 5.06. The lowest BCUT2D eigenvalue weighted by Gasteiger charge is -2.24. The van der Waals surface area contributed by atoms with E-state index in [1.54, 1.807) is 26.8 Å². The molecule has 0 saturated carbocycles. The van der Waals surface area contributed by atoms with Crippen molar-refractivity contribution in [3.63, 3.8) is 0 Å². The molecule has 0 aliphatic rings. The number of rotatable bonds is 5. The molecule has 0 amide bonds. The van der Waals surface area contributed by atoms with E-state index < -0.39 is 14.6 Å². The van der Waals surface area contributed by atoms with Gasteiger partial charge in [-0.15, -0.1) is 0 Å². The summed E-state index contributed by atoms with van der Waals surface area (Å²) in [5.74, 6) is 0.349. The first-order valence-electron chi connectivity index (χ1n) is 5.15. The molecule has 1 rings (SSSR count). The molecule has 0 aliphatic heterocycles. The Hall–Kier alpha value is -1.08. The van der Waals surface area contributed by atoms with E-state index in [1.165, 1.54) is 12.4 Å². The molecule has 0 atom stereocenters. The molecule has 7 heteroatoms. The zero-order valence-electron chi connectivity index (χ0n) is 10.0. The van der Waals surface area contributed by atoms with Crippen LogP contribution in [0.2, 0.25) is 0 Å². The fraction of sp³-hybridized carbons (Fsp3) is 0.500. The number of aromatic nitrogens is 1. The lowest BCUT2D eigenvalue weighted by molar-refractivity contribution is 0.451. The third-order valence-corrected chi connectivity index (χ3v) is 5.31. The van der Waals surface area contributed by atoms with Crippen LogP contribution >= 0.6 is 0 Å². The van der Waals surface area contributed by atoms with Crippen LogP contribution in [-0.4, -0.2) is 31.9 Å². The molecule has 0 fully saturated rings. The van der Waals surface area contributed by atoms with E-state index in [4.69, 9.17) is 9.68 Å². The van der Waals surface area contributed by atoms with E-state index in [-0.39, 0.29) is 5.75 Å². The number of hydrogen-bond donors (Lipinski definition) is 1. The highest BCUT2D eigenvalue weighted by Crippen LogP contribution is 2.31. The summed E-state index contributed by atoms with van der Waals surface area (Å²) in [6.07, 6.45) is 2.88. The summed E-state index contributed by atoms with van der Waals surface area (Å²) in [6.45, 7) is 4.84. The van der Waals surface area contributed by atoms with Crippen LogP contribution in [0.15, 0.2) is 18.5 Å². The summed E-state index contributed by atoms with van der Waals surface area (Å²) >= 11 is 0. The summed E-state index contributed by atoms with van der Waals surface area (Å²) in [5, 5.41) is 8.53. The van der Waals surface area contributed by atoms with Gasteiger partial charge in [-0.2, -0.15) is 0 Å². The second-order valence-corrected chi connectivity index (χ2v) is 6.87. The monoisotopic (exact) mass is 256 g/mol. The fourth-order valence-corrected chi connectivity index (χ4v) is 2.61. The summed E-state index contributed by atoms with van der Waals surface area (Å²) in [7, 11) is -2.72. The molecular formula is C10H15BNO4S. The van der Waals surface area contributed by atoms with Crippen molar-refractivity contribution in [1.82, 2.24) is 4.98 Å². The van der Waals surface area contributed by atoms with Crippen molar-refractivity contribution in [3.05, 3.63) is 24.0 Å². The van der Waals surface area contributed by atoms with Gasteiger partial charge >= 0.3 is 7.69 Å². The lowest BCUT2D eigenvalue weighted by Crippen LogP contribution is -2.30. The Morgan fingerprint density at radius 2 is 2.12 bits per heavy atom. The molecule has 1 heterocycles. The van der Waals surface area contributed by atoms with Crippen molar-refractivity contribution in [2.24, 2.45) is 0 Å². The van der Waals surface area contributed by atoms with Gasteiger partial charge in [-0.25, -0.2) is 8.42 Å². The van der Waals surface area contributed by atoms with Gasteiger partial charge < -0.3 is 9.68 Å². The Morgan fingerprint density at radius 3 is 2.65 bits per heavy atom. The Labute approximate surface area is 102 Å². The standard InChI is InChI=1S/C10H15BNO4S/c1-4-17(14,15)10(2,3)8-5-9(16-11-13)7-12-6-8/h5-7,13H,4H2,1-3H3. The third-order valence-electron chi connectivity index (χ3n) is 2.75. The fourth-order valence-electron chi connectivity index (χ4n) is 1.41. The van der Waals surface area contributed by atoms with Crippen molar-refractivity contribution < 1.29 is 18.1 Å². The second-order valence-electron chi connectivity index (χ2n) is 4.05. The maximum absolute atomic E-state index is 12.0. The van der Waals surface area contributed by atoms with Gasteiger partial charge in [0, 0.05) is 11.9 Å².